The van der Waals surface area contributed by atoms with E-state index >= 15 is 0 Å². The minimum atomic E-state index is -5.10. The molecule has 0 fully saturated rings. The number of phenolic OH excluding ortho intramolecular Hbond substituents is 1. The van der Waals surface area contributed by atoms with E-state index in [9.17, 15) is 64.7 Å². The molecule has 4 aromatic heterocycles. The first-order valence-electron chi connectivity index (χ1n) is 30.0. The average Bonchev–Trinajstić information content (AvgIpc) is 1.57. The molecule has 8 N–H and O–H groups in total. The fourth-order valence-electron chi connectivity index (χ4n) is 10.6. The van der Waals surface area contributed by atoms with Gasteiger partial charge in [-0.05, 0) is 85.9 Å². The molecule has 41 heteroatoms. The molecule has 8 bridgehead atoms. The van der Waals surface area contributed by atoms with Crippen LogP contribution in [0.2, 0.25) is 5.28 Å². The first kappa shape index (κ1) is 78.9. The molecule has 9 aromatic carbocycles. The fraction of sp³-hybridized carbons (Fsp3) is 0.0758. The molecule has 0 saturated carbocycles. The largest absolute Gasteiger partial charge is 2.00 e. The van der Waals surface area contributed by atoms with Crippen LogP contribution in [0.3, 0.4) is 0 Å². The van der Waals surface area contributed by atoms with Gasteiger partial charge in [0.1, 0.15) is 16.4 Å². The van der Waals surface area contributed by atoms with Crippen LogP contribution in [0.5, 0.6) is 5.75 Å². The Balaban J connectivity index is 0.000000193. The van der Waals surface area contributed by atoms with E-state index in [4.69, 9.17) is 65.1 Å². The molecule has 107 heavy (non-hydrogen) atoms. The number of phenols is 1. The van der Waals surface area contributed by atoms with Gasteiger partial charge in [-0.1, -0.05) is 146 Å². The first-order valence-corrected chi connectivity index (χ1v) is 40.7. The molecule has 13 aromatic rings. The number of azo groups is 1. The van der Waals surface area contributed by atoms with Gasteiger partial charge in [-0.3, -0.25) is 27.5 Å². The third-order valence-corrected chi connectivity index (χ3v) is 17.0. The van der Waals surface area contributed by atoms with Crippen LogP contribution >= 0.6 is 11.6 Å². The van der Waals surface area contributed by atoms with E-state index in [-0.39, 0.29) is 65.1 Å². The number of aromatic nitrogens is 11. The second-order valence-electron chi connectivity index (χ2n) is 22.9. The van der Waals surface area contributed by atoms with Gasteiger partial charge in [0.05, 0.1) is 64.6 Å². The number of hydrogen-bond acceptors (Lipinski definition) is 25. The number of aromatic hydroxyl groups is 1. The van der Waals surface area contributed by atoms with Crippen molar-refractivity contribution in [3.05, 3.63) is 199 Å². The zero-order valence-electron chi connectivity index (χ0n) is 55.5. The minimum Gasteiger partial charge on any atom is -0.505 e. The summed E-state index contributed by atoms with van der Waals surface area (Å²) in [6.45, 7) is 0. The summed E-state index contributed by atoms with van der Waals surface area (Å²) in [5, 5.41) is 26.7. The van der Waals surface area contributed by atoms with E-state index in [1.54, 1.807) is 48.5 Å². The van der Waals surface area contributed by atoms with Gasteiger partial charge in [0.15, 0.2) is 5.75 Å². The zero-order chi connectivity index (χ0) is 76.4. The normalized spacial score (nSPS) is 12.1. The Kier molecular flexibility index (Phi) is 23.1. The van der Waals surface area contributed by atoms with Crippen molar-refractivity contribution in [2.24, 2.45) is 10.2 Å². The Morgan fingerprint density at radius 3 is 1.30 bits per heavy atom. The van der Waals surface area contributed by atoms with Gasteiger partial charge in [-0.25, -0.2) is 23.4 Å². The number of rotatable bonds is 10. The molecule has 0 amide bonds. The SMILES string of the molecule is CS(=O)(=O)Nc1cccc(Cc2nc(Cl)nc(Nc3cc(S(=O)(=O)O)cc4cc(S(=O)(=O)O)c(N=Nc5cccc6ccccc56)c(O)c34)n2)c1.CS(=O)(=O)O.CS(=O)(=O)O.CS(=O)(=O)O.[Zn+2].c1ccc2c(c1)-c1nc-2nc2[n-]c(nc3nc(nc4[n-]c(n1)c1ccccc41)-c1ccccc1-3)c1ccccc21. The van der Waals surface area contributed by atoms with Gasteiger partial charge in [0.2, 0.25) is 21.3 Å². The molecule has 0 atom stereocenters. The molecule has 33 nitrogen and oxygen atoms in total. The monoisotopic (exact) mass is 1630 g/mol. The van der Waals surface area contributed by atoms with E-state index in [1.165, 1.54) is 0 Å². The predicted octanol–water partition coefficient (Wildman–Crippen LogP) is 10.8. The first-order chi connectivity index (χ1) is 49.7. The van der Waals surface area contributed by atoms with Crippen molar-refractivity contribution in [1.29, 1.82) is 0 Å². The van der Waals surface area contributed by atoms with Crippen molar-refractivity contribution in [1.82, 2.24) is 54.8 Å². The summed E-state index contributed by atoms with van der Waals surface area (Å²) in [5.74, 6) is 1.19. The topological polar surface area (TPSA) is 519 Å². The molecule has 2 aliphatic rings. The van der Waals surface area contributed by atoms with Crippen LogP contribution in [0.1, 0.15) is 11.4 Å². The Bertz CT molecular complexity index is 6270. The van der Waals surface area contributed by atoms with Crippen molar-refractivity contribution in [2.75, 3.05) is 35.1 Å². The Hall–Kier alpha value is -10.7. The number of nitrogens with one attached hydrogen (secondary N) is 2. The minimum absolute atomic E-state index is 0. The molecule has 0 saturated heterocycles. The van der Waals surface area contributed by atoms with Crippen molar-refractivity contribution in [3.63, 3.8) is 0 Å². The molecule has 6 heterocycles. The van der Waals surface area contributed by atoms with Crippen LogP contribution in [-0.4, -0.2) is 148 Å². The quantitative estimate of drug-likeness (QED) is 0.0358. The predicted molar refractivity (Wildman–Crippen MR) is 396 cm³/mol. The summed E-state index contributed by atoms with van der Waals surface area (Å²) in [6.07, 6.45) is 3.18. The van der Waals surface area contributed by atoms with E-state index in [1.807, 2.05) is 115 Å². The van der Waals surface area contributed by atoms with Gasteiger partial charge < -0.3 is 40.3 Å². The number of benzene rings is 9. The van der Waals surface area contributed by atoms with Crippen molar-refractivity contribution < 1.29 is 97.9 Å². The zero-order valence-corrected chi connectivity index (χ0v) is 64.1. The number of halogens is 1. The summed E-state index contributed by atoms with van der Waals surface area (Å²) in [5.41, 5.74) is 6.01. The third kappa shape index (κ3) is 20.3. The Labute approximate surface area is 626 Å². The van der Waals surface area contributed by atoms with E-state index in [0.29, 0.717) is 81.3 Å². The van der Waals surface area contributed by atoms with E-state index in [0.717, 1.165) is 73.6 Å². The molecule has 0 spiro atoms. The van der Waals surface area contributed by atoms with Crippen molar-refractivity contribution in [3.8, 4) is 51.3 Å². The number of nitrogens with zero attached hydrogens (tertiary/aromatic N) is 13. The molecule has 0 aliphatic carbocycles. The molecule has 2 aliphatic heterocycles. The summed E-state index contributed by atoms with van der Waals surface area (Å²) < 4.78 is 173. The number of sulfonamides is 1. The summed E-state index contributed by atoms with van der Waals surface area (Å²) in [7, 11) is -24.6. The van der Waals surface area contributed by atoms with Crippen LogP contribution in [0.4, 0.5) is 28.7 Å². The summed E-state index contributed by atoms with van der Waals surface area (Å²) in [4.78, 5) is 50.1. The summed E-state index contributed by atoms with van der Waals surface area (Å²) >= 11 is 6.19. The number of fused-ring (bicyclic) bond motifs is 22. The Morgan fingerprint density at radius 2 is 0.860 bits per heavy atom. The fourth-order valence-corrected chi connectivity index (χ4v) is 12.6. The smallest absolute Gasteiger partial charge is 0.505 e. The average molecular weight is 1640 g/mol. The molecular formula is C66H52ClN15O18S6Zn. The van der Waals surface area contributed by atoms with E-state index < -0.39 is 81.8 Å². The summed E-state index contributed by atoms with van der Waals surface area (Å²) in [6, 6.07) is 53.1. The second-order valence-corrected chi connectivity index (χ2v) is 32.2. The van der Waals surface area contributed by atoms with Crippen molar-refractivity contribution >= 4 is 167 Å². The van der Waals surface area contributed by atoms with Crippen molar-refractivity contribution in [2.45, 2.75) is 16.2 Å². The number of hydrogen-bond donors (Lipinski definition) is 8. The van der Waals surface area contributed by atoms with Crippen LogP contribution in [0.25, 0.3) is 111 Å². The van der Waals surface area contributed by atoms with Gasteiger partial charge in [-0.2, -0.15) is 52.1 Å². The van der Waals surface area contributed by atoms with Gasteiger partial charge in [-0.15, -0.1) is 10.2 Å². The standard InChI is InChI=1S/C32H16N8.C31H24ClN7O9S3.3CH4O3S.Zn/c1-2-10-18-17(9-1)25-33-26(18)38-28-21-13-5-6-14-22(21)30(35-28)40-32-24-16-8-7-15-23(24)31(36-32)39-29-20-12-4-3-11-19(20)27(34-29)37-25;1-49(41,42)39-20-9-4-6-17(12-20)13-26-34-30(32)36-31(35-26)33-24-16-21(50(43,44)45)14-19-15-25(51(46,47)48)28(29(40)27(19)24)38-37-23-11-5-8-18-7-2-3-10-22(18)23;3*1-5(2,3)4;/h1-16H;2-12,14-16,39-40H,13H2,1H3,(H,43,44,45)(H,46,47,48)(H,33,34,35,36);3*1H3,(H,2,3,4);/q-2;;;;;+2. The van der Waals surface area contributed by atoms with Crippen LogP contribution < -0.4 is 20.0 Å². The molecule has 15 rings (SSSR count). The Morgan fingerprint density at radius 1 is 0.439 bits per heavy atom. The maximum Gasteiger partial charge on any atom is 2.00 e. The maximum absolute atomic E-state index is 12.5. The third-order valence-electron chi connectivity index (χ3n) is 14.5. The molecule has 0 unspecified atom stereocenters. The number of anilines is 3. The maximum atomic E-state index is 12.5. The van der Waals surface area contributed by atoms with Crippen LogP contribution in [0, 0.1) is 0 Å². The molecule has 0 radical (unpaired) electrons. The van der Waals surface area contributed by atoms with Crippen LogP contribution in [0.15, 0.2) is 202 Å². The van der Waals surface area contributed by atoms with Gasteiger partial charge in [0.25, 0.3) is 50.6 Å². The molecular weight excluding hydrogens is 1580 g/mol. The molecule has 544 valence electrons. The van der Waals surface area contributed by atoms with Crippen LogP contribution in [-0.2, 0) is 86.5 Å². The van der Waals surface area contributed by atoms with E-state index in [2.05, 4.69) is 35.2 Å². The van der Waals surface area contributed by atoms with Gasteiger partial charge in [0, 0.05) is 67.7 Å². The second kappa shape index (κ2) is 31.4. The van der Waals surface area contributed by atoms with Gasteiger partial charge >= 0.3 is 19.5 Å².